The number of fused-ring (bicyclic) bond motifs is 1. The van der Waals surface area contributed by atoms with E-state index in [1.165, 1.54) is 4.90 Å². The Morgan fingerprint density at radius 2 is 1.89 bits per heavy atom. The van der Waals surface area contributed by atoms with Gasteiger partial charge in [0, 0.05) is 31.8 Å². The van der Waals surface area contributed by atoms with Gasteiger partial charge in [-0.25, -0.2) is 0 Å². The molecule has 0 aromatic heterocycles. The first-order valence-corrected chi connectivity index (χ1v) is 16.1. The van der Waals surface area contributed by atoms with Gasteiger partial charge in [-0.15, -0.1) is 13.2 Å². The Balaban J connectivity index is 1.44. The number of rotatable bonds is 16. The predicted molar refractivity (Wildman–Crippen MR) is 174 cm³/mol. The van der Waals surface area contributed by atoms with E-state index in [1.807, 2.05) is 30.3 Å². The monoisotopic (exact) mass is 645 g/mol. The molecule has 1 spiro atoms. The van der Waals surface area contributed by atoms with Crippen LogP contribution in [0.1, 0.15) is 43.8 Å². The quantitative estimate of drug-likeness (QED) is 0.210. The lowest BCUT2D eigenvalue weighted by atomic mass is 9.70. The fourth-order valence-electron chi connectivity index (χ4n) is 7.19. The third kappa shape index (κ3) is 6.68. The highest BCUT2D eigenvalue weighted by atomic mass is 16.6. The number of hydrogen-bond donors (Lipinski definition) is 2. The molecule has 3 heterocycles. The van der Waals surface area contributed by atoms with Crippen molar-refractivity contribution < 1.29 is 38.5 Å². The van der Waals surface area contributed by atoms with Crippen molar-refractivity contribution in [1.29, 1.82) is 0 Å². The summed E-state index contributed by atoms with van der Waals surface area (Å²) >= 11 is 0. The molecule has 2 aromatic carbocycles. The lowest BCUT2D eigenvalue weighted by Crippen LogP contribution is -2.56. The number of likely N-dealkylation sites (tertiary alicyclic amines) is 1. The van der Waals surface area contributed by atoms with E-state index < -0.39 is 41.7 Å². The zero-order valence-corrected chi connectivity index (χ0v) is 26.7. The molecule has 11 heteroatoms. The molecule has 3 fully saturated rings. The number of amides is 3. The summed E-state index contributed by atoms with van der Waals surface area (Å²) in [6.07, 6.45) is 3.77. The highest BCUT2D eigenvalue weighted by Crippen LogP contribution is 2.59. The van der Waals surface area contributed by atoms with Crippen molar-refractivity contribution in [3.63, 3.8) is 0 Å². The highest BCUT2D eigenvalue weighted by Gasteiger charge is 2.75. The van der Waals surface area contributed by atoms with Gasteiger partial charge in [-0.3, -0.25) is 19.2 Å². The molecule has 0 radical (unpaired) electrons. The van der Waals surface area contributed by atoms with Crippen LogP contribution in [0.5, 0.6) is 5.75 Å². The van der Waals surface area contributed by atoms with Crippen LogP contribution in [0.25, 0.3) is 0 Å². The molecule has 3 saturated heterocycles. The Kier molecular flexibility index (Phi) is 10.8. The molecule has 6 atom stereocenters. The number of nitrogens with one attached hydrogen (secondary N) is 1. The molecule has 47 heavy (non-hydrogen) atoms. The number of carbonyl (C=O) groups excluding carboxylic acids is 4. The van der Waals surface area contributed by atoms with Crippen molar-refractivity contribution in [3.05, 3.63) is 85.5 Å². The van der Waals surface area contributed by atoms with Crippen molar-refractivity contribution in [3.8, 4) is 5.75 Å². The molecule has 2 bridgehead atoms. The molecule has 2 aromatic rings. The molecular weight excluding hydrogens is 602 g/mol. The fraction of sp³-hybridized carbons (Fsp3) is 0.444. The number of ether oxygens (including phenoxy) is 3. The Bertz CT molecular complexity index is 1460. The van der Waals surface area contributed by atoms with Gasteiger partial charge in [-0.2, -0.15) is 0 Å². The molecule has 2 N–H and O–H groups in total. The normalized spacial score (nSPS) is 24.7. The van der Waals surface area contributed by atoms with Gasteiger partial charge in [0.15, 0.2) is 0 Å². The van der Waals surface area contributed by atoms with Gasteiger partial charge in [0.2, 0.25) is 11.8 Å². The number of aliphatic hydroxyl groups excluding tert-OH is 1. The van der Waals surface area contributed by atoms with Crippen LogP contribution >= 0.6 is 0 Å². The molecule has 3 aliphatic rings. The van der Waals surface area contributed by atoms with E-state index in [0.29, 0.717) is 36.3 Å². The molecule has 0 aliphatic carbocycles. The second kappa shape index (κ2) is 15.0. The summed E-state index contributed by atoms with van der Waals surface area (Å²) in [5, 5.41) is 12.5. The maximum absolute atomic E-state index is 14.5. The molecule has 0 unspecified atom stereocenters. The van der Waals surface area contributed by atoms with Gasteiger partial charge in [0.05, 0.1) is 31.6 Å². The summed E-state index contributed by atoms with van der Waals surface area (Å²) in [5.41, 5.74) is 0.0402. The van der Waals surface area contributed by atoms with Crippen LogP contribution < -0.4 is 15.0 Å². The Hall–Kier alpha value is -4.48. The number of carbonyl (C=O) groups is 4. The maximum atomic E-state index is 14.5. The number of anilines is 1. The first-order valence-electron chi connectivity index (χ1n) is 16.1. The minimum atomic E-state index is -1.25. The van der Waals surface area contributed by atoms with Gasteiger partial charge in [-0.1, -0.05) is 42.5 Å². The minimum absolute atomic E-state index is 0.0514. The fourth-order valence-corrected chi connectivity index (χ4v) is 7.19. The second-order valence-electron chi connectivity index (χ2n) is 12.1. The lowest BCUT2D eigenvalue weighted by Gasteiger charge is -2.36. The zero-order chi connectivity index (χ0) is 33.6. The lowest BCUT2D eigenvalue weighted by molar-refractivity contribution is -0.160. The van der Waals surface area contributed by atoms with Crippen LogP contribution in [0.4, 0.5) is 5.69 Å². The molecule has 0 saturated carbocycles. The zero-order valence-electron chi connectivity index (χ0n) is 26.7. The molecule has 3 amide bonds. The summed E-state index contributed by atoms with van der Waals surface area (Å²) in [4.78, 5) is 58.3. The van der Waals surface area contributed by atoms with Crippen LogP contribution in [0, 0.1) is 11.8 Å². The maximum Gasteiger partial charge on any atom is 0.313 e. The molecule has 5 rings (SSSR count). The summed E-state index contributed by atoms with van der Waals surface area (Å²) in [5.74, 6) is -2.80. The number of esters is 1. The van der Waals surface area contributed by atoms with E-state index in [2.05, 4.69) is 18.5 Å². The van der Waals surface area contributed by atoms with Crippen LogP contribution in [0.3, 0.4) is 0 Å². The number of allylic oxidation sites excluding steroid dienone is 1. The first kappa shape index (κ1) is 33.9. The van der Waals surface area contributed by atoms with Crippen molar-refractivity contribution in [2.75, 3.05) is 38.3 Å². The summed E-state index contributed by atoms with van der Waals surface area (Å²) < 4.78 is 17.9. The summed E-state index contributed by atoms with van der Waals surface area (Å²) in [6, 6.07) is 15.1. The van der Waals surface area contributed by atoms with Crippen molar-refractivity contribution >= 4 is 29.4 Å². The number of aliphatic hydroxyl groups is 1. The molecular formula is C36H43N3O8. The predicted octanol–water partition coefficient (Wildman–Crippen LogP) is 3.34. The van der Waals surface area contributed by atoms with Gasteiger partial charge in [0.25, 0.3) is 5.91 Å². The van der Waals surface area contributed by atoms with E-state index >= 15 is 0 Å². The summed E-state index contributed by atoms with van der Waals surface area (Å²) in [7, 11) is 1.56. The highest BCUT2D eigenvalue weighted by molar-refractivity contribution is 6.04. The smallest absolute Gasteiger partial charge is 0.313 e. The van der Waals surface area contributed by atoms with Gasteiger partial charge < -0.3 is 34.4 Å². The van der Waals surface area contributed by atoms with Crippen LogP contribution in [-0.2, 0) is 28.7 Å². The van der Waals surface area contributed by atoms with Gasteiger partial charge >= 0.3 is 5.97 Å². The third-order valence-corrected chi connectivity index (χ3v) is 9.32. The van der Waals surface area contributed by atoms with Crippen molar-refractivity contribution in [2.45, 2.75) is 56.0 Å². The third-order valence-electron chi connectivity index (χ3n) is 9.32. The van der Waals surface area contributed by atoms with Crippen LogP contribution in [0.15, 0.2) is 79.9 Å². The number of nitrogens with zero attached hydrogens (tertiary/aromatic N) is 2. The summed E-state index contributed by atoms with van der Waals surface area (Å²) in [6.45, 7) is 7.66. The number of hydrogen-bond acceptors (Lipinski definition) is 8. The topological polar surface area (TPSA) is 135 Å². The average molecular weight is 646 g/mol. The van der Waals surface area contributed by atoms with Gasteiger partial charge in [0.1, 0.15) is 23.5 Å². The first-order chi connectivity index (χ1) is 22.8. The van der Waals surface area contributed by atoms with E-state index in [1.54, 1.807) is 48.4 Å². The van der Waals surface area contributed by atoms with Crippen molar-refractivity contribution in [1.82, 2.24) is 10.2 Å². The van der Waals surface area contributed by atoms with E-state index in [4.69, 9.17) is 14.2 Å². The Labute approximate surface area is 275 Å². The van der Waals surface area contributed by atoms with Gasteiger partial charge in [-0.05, 0) is 55.5 Å². The number of methoxy groups -OCH3 is 1. The molecule has 3 aliphatic heterocycles. The average Bonchev–Trinajstić information content (AvgIpc) is 3.74. The molecule has 11 nitrogen and oxygen atoms in total. The number of benzene rings is 2. The SMILES string of the molecule is C=CCCC(=O)NC[C@H](OC(=O)[C@@H]1[C@H]2C(=O)N(CCCO)[C@H](C(=O)N(CC=C)c3ccc(OC)cc3)[C@]23CC[C@H]1O3)c1ccccc1. The van der Waals surface area contributed by atoms with E-state index in [9.17, 15) is 24.3 Å². The Morgan fingerprint density at radius 3 is 2.55 bits per heavy atom. The second-order valence-corrected chi connectivity index (χ2v) is 12.1. The van der Waals surface area contributed by atoms with Crippen molar-refractivity contribution in [2.24, 2.45) is 11.8 Å². The molecule has 250 valence electrons. The van der Waals surface area contributed by atoms with Crippen LogP contribution in [0.2, 0.25) is 0 Å². The van der Waals surface area contributed by atoms with Crippen LogP contribution in [-0.4, -0.2) is 84.8 Å². The Morgan fingerprint density at radius 1 is 1.15 bits per heavy atom. The van der Waals surface area contributed by atoms with E-state index in [0.717, 1.165) is 0 Å². The minimum Gasteiger partial charge on any atom is -0.497 e. The standard InChI is InChI=1S/C36H43N3O8/c1-4-6-13-29(41)37-23-28(24-11-8-7-9-12-24)46-35(44)30-27-18-19-36(47-27)31(30)33(42)39(21-10-22-40)32(36)34(43)38(20-5-2)25-14-16-26(45-3)17-15-25/h4-5,7-9,11-12,14-17,27-28,30-32,40H,1-2,6,10,13,18-23H2,3H3,(H,37,41)/t27-,28+,30+,31+,32-,36+/m1/s1. The van der Waals surface area contributed by atoms with E-state index in [-0.39, 0.29) is 56.8 Å². The largest absolute Gasteiger partial charge is 0.497 e.